The van der Waals surface area contributed by atoms with Gasteiger partial charge >= 0.3 is 6.09 Å². The summed E-state index contributed by atoms with van der Waals surface area (Å²) < 4.78 is 5.27. The summed E-state index contributed by atoms with van der Waals surface area (Å²) in [4.78, 5) is 23.0. The first kappa shape index (κ1) is 24.5. The summed E-state index contributed by atoms with van der Waals surface area (Å²) in [5.74, 6) is 0.769. The minimum absolute atomic E-state index is 0.453. The maximum Gasteiger partial charge on any atom is 0.412 e. The van der Waals surface area contributed by atoms with Crippen LogP contribution in [0.4, 0.5) is 15.6 Å². The first-order chi connectivity index (χ1) is 14.7. The molecule has 0 fully saturated rings. The third-order valence-electron chi connectivity index (χ3n) is 3.97. The zero-order valence-electron chi connectivity index (χ0n) is 19.3. The van der Waals surface area contributed by atoms with Crippen molar-refractivity contribution < 1.29 is 9.53 Å². The Hall–Kier alpha value is -2.81. The number of thiazole rings is 1. The van der Waals surface area contributed by atoms with Gasteiger partial charge in [-0.2, -0.15) is 0 Å². The normalized spacial score (nSPS) is 11.7. The molecular formula is C22H34N6O2S. The smallest absolute Gasteiger partial charge is 0.412 e. The van der Waals surface area contributed by atoms with E-state index in [0.717, 1.165) is 41.9 Å². The standard InChI is InChI=1S/C22H34N6O2S/c1-7-23-19(25-14-18-15-31-20(26-18)28(5)6)24-13-12-16-8-10-17(11-9-16)27-21(29)30-22(2,3)4/h8-11,15H,7,12-14H2,1-6H3,(H,27,29)(H2,23,24,25). The number of aliphatic imine (C=N–C) groups is 1. The molecule has 0 spiro atoms. The minimum atomic E-state index is -0.518. The van der Waals surface area contributed by atoms with Crippen molar-refractivity contribution in [2.24, 2.45) is 4.99 Å². The van der Waals surface area contributed by atoms with Gasteiger partial charge in [-0.3, -0.25) is 5.32 Å². The number of benzene rings is 1. The van der Waals surface area contributed by atoms with Crippen molar-refractivity contribution in [3.8, 4) is 0 Å². The largest absolute Gasteiger partial charge is 0.444 e. The van der Waals surface area contributed by atoms with Crippen LogP contribution in [-0.4, -0.2) is 49.8 Å². The van der Waals surface area contributed by atoms with Gasteiger partial charge in [-0.15, -0.1) is 11.3 Å². The quantitative estimate of drug-likeness (QED) is 0.421. The Balaban J connectivity index is 1.82. The summed E-state index contributed by atoms with van der Waals surface area (Å²) in [5, 5.41) is 12.4. The van der Waals surface area contributed by atoms with E-state index in [1.54, 1.807) is 11.3 Å². The fourth-order valence-electron chi connectivity index (χ4n) is 2.58. The summed E-state index contributed by atoms with van der Waals surface area (Å²) in [7, 11) is 3.97. The lowest BCUT2D eigenvalue weighted by atomic mass is 10.1. The molecule has 0 saturated carbocycles. The van der Waals surface area contributed by atoms with Gasteiger partial charge < -0.3 is 20.3 Å². The predicted molar refractivity (Wildman–Crippen MR) is 129 cm³/mol. The molecule has 8 nitrogen and oxygen atoms in total. The van der Waals surface area contributed by atoms with Crippen LogP contribution in [0.3, 0.4) is 0 Å². The lowest BCUT2D eigenvalue weighted by molar-refractivity contribution is 0.0636. The third-order valence-corrected chi connectivity index (χ3v) is 5.03. The number of hydrogen-bond acceptors (Lipinski definition) is 6. The van der Waals surface area contributed by atoms with E-state index in [2.05, 4.69) is 25.9 Å². The number of rotatable bonds is 8. The van der Waals surface area contributed by atoms with Gasteiger partial charge in [0.05, 0.1) is 12.2 Å². The maximum atomic E-state index is 11.9. The highest BCUT2D eigenvalue weighted by molar-refractivity contribution is 7.13. The van der Waals surface area contributed by atoms with Gasteiger partial charge in [0.2, 0.25) is 0 Å². The second-order valence-corrected chi connectivity index (χ2v) is 9.05. The molecule has 3 N–H and O–H groups in total. The van der Waals surface area contributed by atoms with E-state index in [1.807, 2.05) is 76.3 Å². The molecule has 9 heteroatoms. The lowest BCUT2D eigenvalue weighted by Crippen LogP contribution is -2.38. The van der Waals surface area contributed by atoms with Crippen LogP contribution in [0.15, 0.2) is 34.6 Å². The van der Waals surface area contributed by atoms with Gasteiger partial charge in [-0.05, 0) is 51.8 Å². The van der Waals surface area contributed by atoms with Crippen molar-refractivity contribution in [2.45, 2.75) is 46.3 Å². The number of nitrogens with one attached hydrogen (secondary N) is 3. The molecule has 0 aliphatic heterocycles. The summed E-state index contributed by atoms with van der Waals surface area (Å²) in [6, 6.07) is 7.75. The summed E-state index contributed by atoms with van der Waals surface area (Å²) in [5.41, 5.74) is 2.31. The van der Waals surface area contributed by atoms with Crippen LogP contribution < -0.4 is 20.9 Å². The van der Waals surface area contributed by atoms with Crippen molar-refractivity contribution in [2.75, 3.05) is 37.4 Å². The average Bonchev–Trinajstić information content (AvgIpc) is 3.15. The van der Waals surface area contributed by atoms with Crippen molar-refractivity contribution >= 4 is 34.2 Å². The van der Waals surface area contributed by atoms with E-state index < -0.39 is 11.7 Å². The Labute approximate surface area is 189 Å². The van der Waals surface area contributed by atoms with Crippen LogP contribution >= 0.6 is 11.3 Å². The molecule has 1 aromatic carbocycles. The van der Waals surface area contributed by atoms with Crippen molar-refractivity contribution in [1.82, 2.24) is 15.6 Å². The molecule has 0 bridgehead atoms. The number of ether oxygens (including phenoxy) is 1. The average molecular weight is 447 g/mol. The summed E-state index contributed by atoms with van der Waals surface area (Å²) >= 11 is 1.62. The van der Waals surface area contributed by atoms with Crippen LogP contribution in [0.5, 0.6) is 0 Å². The summed E-state index contributed by atoms with van der Waals surface area (Å²) in [6.07, 6.45) is 0.379. The maximum absolute atomic E-state index is 11.9. The second kappa shape index (κ2) is 11.5. The number of anilines is 2. The van der Waals surface area contributed by atoms with Gasteiger partial charge in [0.1, 0.15) is 5.60 Å². The highest BCUT2D eigenvalue weighted by Crippen LogP contribution is 2.18. The molecule has 0 aliphatic rings. The van der Waals surface area contributed by atoms with E-state index >= 15 is 0 Å². The molecule has 0 unspecified atom stereocenters. The minimum Gasteiger partial charge on any atom is -0.444 e. The molecule has 170 valence electrons. The molecule has 0 radical (unpaired) electrons. The van der Waals surface area contributed by atoms with Crippen LogP contribution in [0.2, 0.25) is 0 Å². The highest BCUT2D eigenvalue weighted by atomic mass is 32.1. The van der Waals surface area contributed by atoms with E-state index in [4.69, 9.17) is 4.74 Å². The van der Waals surface area contributed by atoms with Gasteiger partial charge in [-0.25, -0.2) is 14.8 Å². The lowest BCUT2D eigenvalue weighted by Gasteiger charge is -2.19. The van der Waals surface area contributed by atoms with Crippen LogP contribution in [-0.2, 0) is 17.7 Å². The number of amides is 1. The first-order valence-corrected chi connectivity index (χ1v) is 11.3. The Bertz CT molecular complexity index is 856. The van der Waals surface area contributed by atoms with Crippen molar-refractivity contribution in [3.05, 3.63) is 40.9 Å². The fourth-order valence-corrected chi connectivity index (χ4v) is 3.33. The zero-order chi connectivity index (χ0) is 22.9. The molecule has 1 aromatic heterocycles. The summed E-state index contributed by atoms with van der Waals surface area (Å²) in [6.45, 7) is 9.62. The van der Waals surface area contributed by atoms with Gasteiger partial charge in [-0.1, -0.05) is 12.1 Å². The third kappa shape index (κ3) is 9.25. The molecular weight excluding hydrogens is 412 g/mol. The van der Waals surface area contributed by atoms with Gasteiger partial charge in [0.15, 0.2) is 11.1 Å². The predicted octanol–water partition coefficient (Wildman–Crippen LogP) is 3.85. The van der Waals surface area contributed by atoms with Gasteiger partial charge in [0, 0.05) is 38.3 Å². The number of hydrogen-bond donors (Lipinski definition) is 3. The Morgan fingerprint density at radius 1 is 1.19 bits per heavy atom. The second-order valence-electron chi connectivity index (χ2n) is 8.21. The van der Waals surface area contributed by atoms with Gasteiger partial charge in [0.25, 0.3) is 0 Å². The number of aromatic nitrogens is 1. The van der Waals surface area contributed by atoms with Crippen molar-refractivity contribution in [3.63, 3.8) is 0 Å². The molecule has 0 aliphatic carbocycles. The number of nitrogens with zero attached hydrogens (tertiary/aromatic N) is 3. The number of guanidine groups is 1. The number of carbonyl (C=O) groups excluding carboxylic acids is 1. The first-order valence-electron chi connectivity index (χ1n) is 10.4. The van der Waals surface area contributed by atoms with E-state index in [0.29, 0.717) is 12.2 Å². The molecule has 2 aromatic rings. The molecule has 31 heavy (non-hydrogen) atoms. The van der Waals surface area contributed by atoms with E-state index in [-0.39, 0.29) is 0 Å². The van der Waals surface area contributed by atoms with E-state index in [9.17, 15) is 4.79 Å². The molecule has 2 rings (SSSR count). The Kier molecular flexibility index (Phi) is 9.11. The van der Waals surface area contributed by atoms with Crippen LogP contribution in [0, 0.1) is 0 Å². The fraction of sp³-hybridized carbons (Fsp3) is 0.500. The van der Waals surface area contributed by atoms with Crippen molar-refractivity contribution in [1.29, 1.82) is 0 Å². The molecule has 0 saturated heterocycles. The topological polar surface area (TPSA) is 90.9 Å². The van der Waals surface area contributed by atoms with E-state index in [1.165, 1.54) is 0 Å². The number of carbonyl (C=O) groups is 1. The van der Waals surface area contributed by atoms with Crippen LogP contribution in [0.25, 0.3) is 0 Å². The Morgan fingerprint density at radius 3 is 2.48 bits per heavy atom. The molecule has 1 amide bonds. The monoisotopic (exact) mass is 446 g/mol. The zero-order valence-corrected chi connectivity index (χ0v) is 20.1. The van der Waals surface area contributed by atoms with Crippen LogP contribution in [0.1, 0.15) is 39.0 Å². The molecule has 1 heterocycles. The SMILES string of the molecule is CCNC(=NCc1csc(N(C)C)n1)NCCc1ccc(NC(=O)OC(C)(C)C)cc1. The molecule has 0 atom stereocenters. The Morgan fingerprint density at radius 2 is 1.90 bits per heavy atom. The highest BCUT2D eigenvalue weighted by Gasteiger charge is 2.16.